The molecule has 1 aromatic rings. The van der Waals surface area contributed by atoms with Crippen LogP contribution in [0, 0.1) is 0 Å². The van der Waals surface area contributed by atoms with E-state index in [0.29, 0.717) is 0 Å². The summed E-state index contributed by atoms with van der Waals surface area (Å²) in [5, 5.41) is 5.40. The fourth-order valence-electron chi connectivity index (χ4n) is 1.55. The van der Waals surface area contributed by atoms with Crippen molar-refractivity contribution in [2.75, 3.05) is 16.8 Å². The highest BCUT2D eigenvalue weighted by Gasteiger charge is 2.09. The molecule has 2 N–H and O–H groups in total. The van der Waals surface area contributed by atoms with Gasteiger partial charge in [-0.25, -0.2) is 4.79 Å². The van der Waals surface area contributed by atoms with Gasteiger partial charge in [0.05, 0.1) is 0 Å². The largest absolute Gasteiger partial charge is 0.335 e. The lowest BCUT2D eigenvalue weighted by molar-refractivity contribution is 0.249. The van der Waals surface area contributed by atoms with Crippen LogP contribution in [-0.4, -0.2) is 28.1 Å². The van der Waals surface area contributed by atoms with Crippen LogP contribution in [0.3, 0.4) is 0 Å². The molecule has 0 spiro atoms. The van der Waals surface area contributed by atoms with Crippen LogP contribution in [0.5, 0.6) is 0 Å². The van der Waals surface area contributed by atoms with E-state index >= 15 is 0 Å². The van der Waals surface area contributed by atoms with Gasteiger partial charge in [0.15, 0.2) is 0 Å². The number of hydrogen-bond acceptors (Lipinski definition) is 3. The van der Waals surface area contributed by atoms with Crippen LogP contribution in [0.15, 0.2) is 23.1 Å². The first-order chi connectivity index (χ1) is 9.04. The number of pyridine rings is 1. The number of nitrogens with one attached hydrogen (secondary N) is 2. The lowest BCUT2D eigenvalue weighted by Crippen LogP contribution is -2.38. The third kappa shape index (κ3) is 5.38. The smallest absolute Gasteiger partial charge is 0.319 e. The quantitative estimate of drug-likeness (QED) is 0.785. The molecule has 0 aliphatic carbocycles. The summed E-state index contributed by atoms with van der Waals surface area (Å²) in [5.74, 6) is 2.10. The Bertz CT molecular complexity index is 473. The molecule has 0 radical (unpaired) electrons. The van der Waals surface area contributed by atoms with Gasteiger partial charge in [0, 0.05) is 19.3 Å². The van der Waals surface area contributed by atoms with E-state index in [1.807, 2.05) is 18.7 Å². The number of hydrogen-bond donors (Lipinski definition) is 2. The van der Waals surface area contributed by atoms with E-state index in [4.69, 9.17) is 0 Å². The summed E-state index contributed by atoms with van der Waals surface area (Å²) in [7, 11) is 1.65. The van der Waals surface area contributed by atoms with Gasteiger partial charge in [-0.3, -0.25) is 4.79 Å². The second kappa shape index (κ2) is 7.89. The number of aryl methyl sites for hydroxylation is 1. The van der Waals surface area contributed by atoms with Gasteiger partial charge in [0.1, 0.15) is 5.69 Å². The molecule has 0 saturated heterocycles. The van der Waals surface area contributed by atoms with Gasteiger partial charge in [-0.05, 0) is 37.0 Å². The summed E-state index contributed by atoms with van der Waals surface area (Å²) in [6, 6.07) is 3.07. The van der Waals surface area contributed by atoms with Crippen LogP contribution in [0.2, 0.25) is 0 Å². The topological polar surface area (TPSA) is 63.1 Å². The van der Waals surface area contributed by atoms with Crippen LogP contribution >= 0.6 is 11.8 Å². The number of carbonyl (C=O) groups is 1. The van der Waals surface area contributed by atoms with E-state index in [0.717, 1.165) is 17.9 Å². The van der Waals surface area contributed by atoms with E-state index in [9.17, 15) is 9.59 Å². The summed E-state index contributed by atoms with van der Waals surface area (Å²) in [6.07, 6.45) is 2.56. The van der Waals surface area contributed by atoms with Gasteiger partial charge in [-0.2, -0.15) is 11.8 Å². The van der Waals surface area contributed by atoms with Crippen LogP contribution in [-0.2, 0) is 7.05 Å². The second-order valence-electron chi connectivity index (χ2n) is 4.32. The molecule has 0 saturated carbocycles. The average Bonchev–Trinajstić information content (AvgIpc) is 2.35. The molecule has 106 valence electrons. The normalized spacial score (nSPS) is 11.9. The van der Waals surface area contributed by atoms with Crippen molar-refractivity contribution in [2.45, 2.75) is 26.3 Å². The molecule has 1 heterocycles. The molecule has 6 heteroatoms. The van der Waals surface area contributed by atoms with Crippen LogP contribution in [0.1, 0.15) is 20.3 Å². The minimum Gasteiger partial charge on any atom is -0.335 e. The van der Waals surface area contributed by atoms with E-state index < -0.39 is 0 Å². The Kier molecular flexibility index (Phi) is 6.49. The minimum absolute atomic E-state index is 0.0895. The van der Waals surface area contributed by atoms with Gasteiger partial charge in [0.2, 0.25) is 0 Å². The fourth-order valence-corrected chi connectivity index (χ4v) is 2.36. The summed E-state index contributed by atoms with van der Waals surface area (Å²) in [5.41, 5.74) is 0.0736. The van der Waals surface area contributed by atoms with Crippen molar-refractivity contribution < 1.29 is 4.79 Å². The van der Waals surface area contributed by atoms with Crippen molar-refractivity contribution in [2.24, 2.45) is 7.05 Å². The van der Waals surface area contributed by atoms with Crippen LogP contribution in [0.25, 0.3) is 0 Å². The van der Waals surface area contributed by atoms with Gasteiger partial charge in [0.25, 0.3) is 5.56 Å². The first-order valence-electron chi connectivity index (χ1n) is 6.35. The number of anilines is 1. The highest BCUT2D eigenvalue weighted by molar-refractivity contribution is 7.99. The molecule has 1 aromatic heterocycles. The highest BCUT2D eigenvalue weighted by atomic mass is 32.2. The molecular weight excluding hydrogens is 262 g/mol. The zero-order valence-electron chi connectivity index (χ0n) is 11.6. The Morgan fingerprint density at radius 1 is 1.53 bits per heavy atom. The maximum Gasteiger partial charge on any atom is 0.319 e. The van der Waals surface area contributed by atoms with Crippen LogP contribution in [0.4, 0.5) is 10.5 Å². The van der Waals surface area contributed by atoms with Crippen molar-refractivity contribution in [3.8, 4) is 0 Å². The molecule has 19 heavy (non-hydrogen) atoms. The van der Waals surface area contributed by atoms with E-state index in [1.165, 1.54) is 4.57 Å². The summed E-state index contributed by atoms with van der Waals surface area (Å²) in [4.78, 5) is 23.5. The standard InChI is InChI=1S/C13H21N3O2S/c1-4-19-9-7-10(2)14-13(18)15-11-6-5-8-16(3)12(11)17/h5-6,8,10H,4,7,9H2,1-3H3,(H2,14,15,18)/t10-/m1/s1. The van der Waals surface area contributed by atoms with Crippen molar-refractivity contribution in [1.82, 2.24) is 9.88 Å². The molecule has 0 aliphatic rings. The number of carbonyl (C=O) groups excluding carboxylic acids is 1. The molecule has 1 atom stereocenters. The summed E-state index contributed by atoms with van der Waals surface area (Å²) in [6.45, 7) is 4.07. The van der Waals surface area contributed by atoms with E-state index in [1.54, 1.807) is 25.4 Å². The van der Waals surface area contributed by atoms with Crippen molar-refractivity contribution >= 4 is 23.5 Å². The average molecular weight is 283 g/mol. The van der Waals surface area contributed by atoms with Gasteiger partial charge in [-0.1, -0.05) is 6.92 Å². The number of thioether (sulfide) groups is 1. The third-order valence-corrected chi connectivity index (χ3v) is 3.58. The van der Waals surface area contributed by atoms with E-state index in [-0.39, 0.29) is 23.3 Å². The number of urea groups is 1. The second-order valence-corrected chi connectivity index (χ2v) is 5.72. The highest BCUT2D eigenvalue weighted by Crippen LogP contribution is 2.04. The lowest BCUT2D eigenvalue weighted by Gasteiger charge is -2.14. The van der Waals surface area contributed by atoms with Gasteiger partial charge in [-0.15, -0.1) is 0 Å². The Morgan fingerprint density at radius 2 is 2.26 bits per heavy atom. The molecule has 0 unspecified atom stereocenters. The molecule has 1 rings (SSSR count). The van der Waals surface area contributed by atoms with Crippen molar-refractivity contribution in [3.63, 3.8) is 0 Å². The predicted molar refractivity (Wildman–Crippen MR) is 80.9 cm³/mol. The number of aromatic nitrogens is 1. The molecule has 0 aromatic carbocycles. The number of rotatable bonds is 6. The zero-order chi connectivity index (χ0) is 14.3. The Labute approximate surface area is 117 Å². The van der Waals surface area contributed by atoms with Crippen molar-refractivity contribution in [3.05, 3.63) is 28.7 Å². The lowest BCUT2D eigenvalue weighted by atomic mass is 10.3. The SMILES string of the molecule is CCSCC[C@@H](C)NC(=O)Nc1cccn(C)c1=O. The monoisotopic (exact) mass is 283 g/mol. The van der Waals surface area contributed by atoms with Crippen LogP contribution < -0.4 is 16.2 Å². The summed E-state index contributed by atoms with van der Waals surface area (Å²) >= 11 is 1.85. The maximum absolute atomic E-state index is 11.7. The predicted octanol–water partition coefficient (Wildman–Crippen LogP) is 2.04. The maximum atomic E-state index is 11.7. The Morgan fingerprint density at radius 3 is 2.95 bits per heavy atom. The van der Waals surface area contributed by atoms with Gasteiger partial charge < -0.3 is 15.2 Å². The number of nitrogens with zero attached hydrogens (tertiary/aromatic N) is 1. The zero-order valence-corrected chi connectivity index (χ0v) is 12.4. The molecule has 5 nitrogen and oxygen atoms in total. The Balaban J connectivity index is 2.47. The minimum atomic E-state index is -0.336. The van der Waals surface area contributed by atoms with Gasteiger partial charge >= 0.3 is 6.03 Å². The number of amides is 2. The fraction of sp³-hybridized carbons (Fsp3) is 0.538. The molecule has 0 fully saturated rings. The summed E-state index contributed by atoms with van der Waals surface area (Å²) < 4.78 is 1.43. The Hall–Kier alpha value is -1.43. The van der Waals surface area contributed by atoms with Crippen molar-refractivity contribution in [1.29, 1.82) is 0 Å². The van der Waals surface area contributed by atoms with E-state index in [2.05, 4.69) is 17.6 Å². The first-order valence-corrected chi connectivity index (χ1v) is 7.51. The molecule has 0 aliphatic heterocycles. The molecule has 2 amide bonds. The third-order valence-electron chi connectivity index (χ3n) is 2.65. The molecular formula is C13H21N3O2S. The first kappa shape index (κ1) is 15.6. The molecule has 0 bridgehead atoms.